The van der Waals surface area contributed by atoms with Crippen LogP contribution in [0, 0.1) is 11.8 Å². The molecule has 0 aromatic heterocycles. The molecule has 3 fully saturated rings. The van der Waals surface area contributed by atoms with Crippen LogP contribution in [-0.4, -0.2) is 86.9 Å². The first-order chi connectivity index (χ1) is 18.4. The number of hydrogen-bond acceptors (Lipinski definition) is 6. The van der Waals surface area contributed by atoms with Crippen molar-refractivity contribution in [3.8, 4) is 11.5 Å². The van der Waals surface area contributed by atoms with Gasteiger partial charge in [0.1, 0.15) is 11.5 Å². The topological polar surface area (TPSA) is 99.7 Å². The summed E-state index contributed by atoms with van der Waals surface area (Å²) in [6.45, 7) is 2.35. The van der Waals surface area contributed by atoms with Crippen molar-refractivity contribution in [1.82, 2.24) is 9.80 Å². The lowest BCUT2D eigenvalue weighted by Crippen LogP contribution is -2.53. The molecule has 0 bridgehead atoms. The largest absolute Gasteiger partial charge is 0.497 e. The van der Waals surface area contributed by atoms with Gasteiger partial charge in [0.15, 0.2) is 0 Å². The third kappa shape index (κ3) is 5.03. The van der Waals surface area contributed by atoms with Crippen molar-refractivity contribution >= 4 is 35.0 Å². The van der Waals surface area contributed by atoms with Crippen molar-refractivity contribution in [3.05, 3.63) is 48.5 Å². The van der Waals surface area contributed by atoms with E-state index in [0.29, 0.717) is 50.8 Å². The summed E-state index contributed by atoms with van der Waals surface area (Å²) in [5, 5.41) is 0. The van der Waals surface area contributed by atoms with Gasteiger partial charge in [-0.05, 0) is 48.5 Å². The summed E-state index contributed by atoms with van der Waals surface area (Å²) in [6, 6.07) is 14.4. The Morgan fingerprint density at radius 3 is 1.29 bits per heavy atom. The minimum absolute atomic E-state index is 0.0526. The number of piperazine rings is 1. The Kier molecular flexibility index (Phi) is 7.22. The molecule has 0 N–H and O–H groups in total. The van der Waals surface area contributed by atoms with Crippen LogP contribution in [0.15, 0.2) is 48.5 Å². The molecule has 2 aromatic rings. The normalized spacial score (nSPS) is 21.7. The van der Waals surface area contributed by atoms with Crippen molar-refractivity contribution < 1.29 is 28.7 Å². The van der Waals surface area contributed by atoms with E-state index in [-0.39, 0.29) is 36.5 Å². The molecule has 0 radical (unpaired) electrons. The van der Waals surface area contributed by atoms with Crippen molar-refractivity contribution in [1.29, 1.82) is 0 Å². The van der Waals surface area contributed by atoms with Crippen molar-refractivity contribution in [2.45, 2.75) is 12.8 Å². The lowest BCUT2D eigenvalue weighted by molar-refractivity contribution is -0.143. The summed E-state index contributed by atoms with van der Waals surface area (Å²) in [6.07, 6.45) is 0.352. The third-order valence-electron chi connectivity index (χ3n) is 7.62. The first-order valence-electron chi connectivity index (χ1n) is 12.8. The Hall–Kier alpha value is -4.08. The molecule has 4 amide bonds. The van der Waals surface area contributed by atoms with Gasteiger partial charge >= 0.3 is 0 Å². The zero-order valence-corrected chi connectivity index (χ0v) is 21.7. The average Bonchev–Trinajstić information content (AvgIpc) is 3.55. The second-order valence-electron chi connectivity index (χ2n) is 9.86. The van der Waals surface area contributed by atoms with Gasteiger partial charge in [0.05, 0.1) is 26.1 Å². The van der Waals surface area contributed by atoms with Gasteiger partial charge in [0.25, 0.3) is 0 Å². The lowest BCUT2D eigenvalue weighted by atomic mass is 10.0. The highest BCUT2D eigenvalue weighted by molar-refractivity contribution is 6.01. The van der Waals surface area contributed by atoms with Gasteiger partial charge < -0.3 is 29.1 Å². The van der Waals surface area contributed by atoms with Crippen LogP contribution in [0.3, 0.4) is 0 Å². The van der Waals surface area contributed by atoms with Gasteiger partial charge in [-0.15, -0.1) is 0 Å². The van der Waals surface area contributed by atoms with Crippen LogP contribution < -0.4 is 19.3 Å². The molecule has 0 saturated carbocycles. The first-order valence-corrected chi connectivity index (χ1v) is 12.8. The first kappa shape index (κ1) is 25.6. The maximum atomic E-state index is 13.2. The van der Waals surface area contributed by atoms with E-state index in [2.05, 4.69) is 0 Å². The van der Waals surface area contributed by atoms with Gasteiger partial charge in [0, 0.05) is 63.5 Å². The second-order valence-corrected chi connectivity index (χ2v) is 9.86. The van der Waals surface area contributed by atoms with Crippen molar-refractivity contribution in [2.75, 3.05) is 63.3 Å². The highest BCUT2D eigenvalue weighted by Crippen LogP contribution is 2.30. The van der Waals surface area contributed by atoms with Crippen LogP contribution in [0.4, 0.5) is 11.4 Å². The Balaban J connectivity index is 1.13. The molecule has 5 rings (SSSR count). The molecule has 10 nitrogen and oxygen atoms in total. The van der Waals surface area contributed by atoms with E-state index in [1.807, 2.05) is 24.3 Å². The molecule has 2 atom stereocenters. The van der Waals surface area contributed by atoms with Gasteiger partial charge in [-0.25, -0.2) is 0 Å². The number of anilines is 2. The predicted octanol–water partition coefficient (Wildman–Crippen LogP) is 1.78. The molecular formula is C28H32N4O6. The van der Waals surface area contributed by atoms with Crippen LogP contribution >= 0.6 is 0 Å². The number of nitrogens with zero attached hydrogens (tertiary/aromatic N) is 4. The molecule has 38 heavy (non-hydrogen) atoms. The van der Waals surface area contributed by atoms with Crippen LogP contribution in [0.2, 0.25) is 0 Å². The lowest BCUT2D eigenvalue weighted by Gasteiger charge is -2.36. The van der Waals surface area contributed by atoms with Crippen LogP contribution in [0.25, 0.3) is 0 Å². The molecule has 200 valence electrons. The molecule has 10 heteroatoms. The summed E-state index contributed by atoms with van der Waals surface area (Å²) in [5.74, 6) is 0.345. The summed E-state index contributed by atoms with van der Waals surface area (Å²) in [7, 11) is 3.17. The number of hydrogen-bond donors (Lipinski definition) is 0. The SMILES string of the molecule is COc1ccc(N2C[C@H](C(=O)N3CCN(C(=O)[C@@H]4CC(=O)N(c5ccc(OC)cc5)C4)CC3)CC2=O)cc1. The number of methoxy groups -OCH3 is 2. The van der Waals surface area contributed by atoms with E-state index >= 15 is 0 Å². The fraction of sp³-hybridized carbons (Fsp3) is 0.429. The molecule has 3 heterocycles. The number of rotatable bonds is 6. The zero-order valence-electron chi connectivity index (χ0n) is 21.7. The molecule has 3 aliphatic heterocycles. The summed E-state index contributed by atoms with van der Waals surface area (Å²) >= 11 is 0. The fourth-order valence-corrected chi connectivity index (χ4v) is 5.43. The molecular weight excluding hydrogens is 488 g/mol. The highest BCUT2D eigenvalue weighted by Gasteiger charge is 2.40. The zero-order chi connectivity index (χ0) is 26.8. The summed E-state index contributed by atoms with van der Waals surface area (Å²) < 4.78 is 10.4. The maximum absolute atomic E-state index is 13.2. The van der Waals surface area contributed by atoms with Crippen molar-refractivity contribution in [2.24, 2.45) is 11.8 Å². The number of carbonyl (C=O) groups excluding carboxylic acids is 4. The fourth-order valence-electron chi connectivity index (χ4n) is 5.43. The van der Waals surface area contributed by atoms with E-state index in [0.717, 1.165) is 11.4 Å². The van der Waals surface area contributed by atoms with Gasteiger partial charge in [-0.2, -0.15) is 0 Å². The average molecular weight is 521 g/mol. The van der Waals surface area contributed by atoms with Gasteiger partial charge in [-0.1, -0.05) is 0 Å². The Labute approximate surface area is 221 Å². The predicted molar refractivity (Wildman–Crippen MR) is 140 cm³/mol. The van der Waals surface area contributed by atoms with Crippen LogP contribution in [0.5, 0.6) is 11.5 Å². The molecule has 0 unspecified atom stereocenters. The molecule has 0 aliphatic carbocycles. The van der Waals surface area contributed by atoms with Crippen molar-refractivity contribution in [3.63, 3.8) is 0 Å². The Bertz CT molecular complexity index is 1110. The van der Waals surface area contributed by atoms with E-state index in [1.165, 1.54) is 0 Å². The van der Waals surface area contributed by atoms with Gasteiger partial charge in [0.2, 0.25) is 23.6 Å². The number of carbonyl (C=O) groups is 4. The van der Waals surface area contributed by atoms with E-state index in [1.54, 1.807) is 58.1 Å². The minimum Gasteiger partial charge on any atom is -0.497 e. The third-order valence-corrected chi connectivity index (χ3v) is 7.62. The van der Waals surface area contributed by atoms with Gasteiger partial charge in [-0.3, -0.25) is 19.2 Å². The number of ether oxygens (including phenoxy) is 2. The molecule has 3 aliphatic rings. The van der Waals surface area contributed by atoms with E-state index in [9.17, 15) is 19.2 Å². The summed E-state index contributed by atoms with van der Waals surface area (Å²) in [4.78, 5) is 58.5. The van der Waals surface area contributed by atoms with E-state index < -0.39 is 11.8 Å². The van der Waals surface area contributed by atoms with Crippen LogP contribution in [-0.2, 0) is 19.2 Å². The number of benzene rings is 2. The Morgan fingerprint density at radius 1 is 0.632 bits per heavy atom. The van der Waals surface area contributed by atoms with Crippen LogP contribution in [0.1, 0.15) is 12.8 Å². The molecule has 0 spiro atoms. The standard InChI is InChI=1S/C28H32N4O6/c1-37-23-7-3-21(4-8-23)31-17-19(15-25(31)33)27(35)29-11-13-30(14-12-29)28(36)20-16-26(34)32(18-20)22-5-9-24(38-2)10-6-22/h3-10,19-20H,11-18H2,1-2H3/t19-,20-/m1/s1. The number of amides is 4. The molecule has 3 saturated heterocycles. The van der Waals surface area contributed by atoms with E-state index in [4.69, 9.17) is 9.47 Å². The quantitative estimate of drug-likeness (QED) is 0.576. The monoisotopic (exact) mass is 520 g/mol. The summed E-state index contributed by atoms with van der Waals surface area (Å²) in [5.41, 5.74) is 1.49. The minimum atomic E-state index is -0.405. The smallest absolute Gasteiger partial charge is 0.228 e. The molecule has 2 aromatic carbocycles. The maximum Gasteiger partial charge on any atom is 0.228 e. The highest BCUT2D eigenvalue weighted by atomic mass is 16.5. The second kappa shape index (κ2) is 10.7. The Morgan fingerprint density at radius 2 is 0.974 bits per heavy atom.